The fraction of sp³-hybridized carbons (Fsp3) is 0.150. The molecule has 0 aliphatic carbocycles. The number of para-hydroxylation sites is 1. The van der Waals surface area contributed by atoms with Gasteiger partial charge in [-0.05, 0) is 29.8 Å². The van der Waals surface area contributed by atoms with Gasteiger partial charge in [0.2, 0.25) is 5.91 Å². The number of ether oxygens (including phenoxy) is 3. The van der Waals surface area contributed by atoms with E-state index < -0.39 is 17.8 Å². The molecule has 1 amide bonds. The molecule has 1 heterocycles. The van der Waals surface area contributed by atoms with Crippen molar-refractivity contribution >= 4 is 29.1 Å². The zero-order chi connectivity index (χ0) is 20.3. The molecule has 8 heteroatoms. The van der Waals surface area contributed by atoms with Crippen molar-refractivity contribution in [3.05, 3.63) is 59.2 Å². The van der Waals surface area contributed by atoms with E-state index >= 15 is 0 Å². The number of cyclic esters (lactones) is 1. The first kappa shape index (κ1) is 19.0. The third-order valence-electron chi connectivity index (χ3n) is 4.18. The zero-order valence-corrected chi connectivity index (χ0v) is 15.1. The van der Waals surface area contributed by atoms with Crippen molar-refractivity contribution in [3.63, 3.8) is 0 Å². The minimum Gasteiger partial charge on any atom is -0.493 e. The van der Waals surface area contributed by atoms with E-state index in [2.05, 4.69) is 5.32 Å². The average molecular weight is 383 g/mol. The van der Waals surface area contributed by atoms with Gasteiger partial charge in [-0.15, -0.1) is 0 Å². The molecule has 0 radical (unpaired) electrons. The number of fused-ring (bicyclic) bond motifs is 1. The number of esters is 1. The van der Waals surface area contributed by atoms with Gasteiger partial charge in [-0.25, -0.2) is 9.59 Å². The number of carbonyl (C=O) groups excluding carboxylic acids is 2. The summed E-state index contributed by atoms with van der Waals surface area (Å²) in [6, 6.07) is 9.32. The number of nitrogens with one attached hydrogen (secondary N) is 1. The van der Waals surface area contributed by atoms with Crippen molar-refractivity contribution in [1.29, 1.82) is 0 Å². The molecule has 3 rings (SSSR count). The summed E-state index contributed by atoms with van der Waals surface area (Å²) in [6.45, 7) is -0.102. The Morgan fingerprint density at radius 1 is 1.14 bits per heavy atom. The highest BCUT2D eigenvalue weighted by atomic mass is 16.5. The Balaban J connectivity index is 1.97. The highest BCUT2D eigenvalue weighted by molar-refractivity contribution is 6.10. The Morgan fingerprint density at radius 3 is 2.57 bits per heavy atom. The molecule has 28 heavy (non-hydrogen) atoms. The van der Waals surface area contributed by atoms with Gasteiger partial charge in [0.1, 0.15) is 12.2 Å². The maximum Gasteiger partial charge on any atom is 0.343 e. The third kappa shape index (κ3) is 3.52. The number of benzene rings is 2. The predicted octanol–water partition coefficient (Wildman–Crippen LogP) is 2.59. The smallest absolute Gasteiger partial charge is 0.343 e. The van der Waals surface area contributed by atoms with E-state index in [9.17, 15) is 19.5 Å². The molecule has 0 aromatic heterocycles. The number of hydrogen-bond donors (Lipinski definition) is 2. The van der Waals surface area contributed by atoms with Gasteiger partial charge >= 0.3 is 11.9 Å². The molecule has 0 saturated heterocycles. The SMILES string of the molecule is COc1ccc2c(c1OC)C(=O)OCC2=CC(=O)Nc1ccccc1C(=O)O. The molecule has 0 saturated carbocycles. The lowest BCUT2D eigenvalue weighted by Gasteiger charge is -2.22. The molecule has 0 unspecified atom stereocenters. The van der Waals surface area contributed by atoms with E-state index in [0.29, 0.717) is 16.9 Å². The van der Waals surface area contributed by atoms with Crippen molar-refractivity contribution in [3.8, 4) is 11.5 Å². The molecule has 0 spiro atoms. The highest BCUT2D eigenvalue weighted by Crippen LogP contribution is 2.39. The molecule has 8 nitrogen and oxygen atoms in total. The van der Waals surface area contributed by atoms with Crippen LogP contribution in [0.5, 0.6) is 11.5 Å². The van der Waals surface area contributed by atoms with E-state index in [-0.39, 0.29) is 29.2 Å². The maximum atomic E-state index is 12.4. The Labute approximate surface area is 160 Å². The van der Waals surface area contributed by atoms with E-state index in [0.717, 1.165) is 0 Å². The van der Waals surface area contributed by atoms with Crippen LogP contribution in [0.3, 0.4) is 0 Å². The van der Waals surface area contributed by atoms with Crippen LogP contribution in [0, 0.1) is 0 Å². The Hall–Kier alpha value is -3.81. The van der Waals surface area contributed by atoms with Crippen molar-refractivity contribution in [1.82, 2.24) is 0 Å². The summed E-state index contributed by atoms with van der Waals surface area (Å²) in [5, 5.41) is 11.8. The van der Waals surface area contributed by atoms with Crippen LogP contribution in [0.1, 0.15) is 26.3 Å². The number of amides is 1. The van der Waals surface area contributed by atoms with Crippen LogP contribution < -0.4 is 14.8 Å². The van der Waals surface area contributed by atoms with Gasteiger partial charge in [0.25, 0.3) is 0 Å². The standard InChI is InChI=1S/C20H17NO7/c1-26-15-8-7-12-11(10-28-20(25)17(12)18(15)27-2)9-16(22)21-14-6-4-3-5-13(14)19(23)24/h3-9H,10H2,1-2H3,(H,21,22)(H,23,24). The summed E-state index contributed by atoms with van der Waals surface area (Å²) < 4.78 is 15.6. The molecule has 2 N–H and O–H groups in total. The second kappa shape index (κ2) is 7.83. The number of aromatic carboxylic acids is 1. The molecule has 144 valence electrons. The highest BCUT2D eigenvalue weighted by Gasteiger charge is 2.29. The van der Waals surface area contributed by atoms with Crippen LogP contribution in [0.2, 0.25) is 0 Å². The number of hydrogen-bond acceptors (Lipinski definition) is 6. The van der Waals surface area contributed by atoms with Crippen LogP contribution in [-0.2, 0) is 9.53 Å². The molecule has 2 aromatic carbocycles. The molecule has 0 bridgehead atoms. The minimum absolute atomic E-state index is 0.0314. The summed E-state index contributed by atoms with van der Waals surface area (Å²) in [4.78, 5) is 35.9. The largest absolute Gasteiger partial charge is 0.493 e. The van der Waals surface area contributed by atoms with E-state index in [4.69, 9.17) is 14.2 Å². The Bertz CT molecular complexity index is 994. The number of methoxy groups -OCH3 is 2. The first-order valence-corrected chi connectivity index (χ1v) is 8.22. The monoisotopic (exact) mass is 383 g/mol. The summed E-state index contributed by atoms with van der Waals surface area (Å²) in [7, 11) is 2.85. The quantitative estimate of drug-likeness (QED) is 0.603. The second-order valence-corrected chi connectivity index (χ2v) is 5.81. The number of carboxylic acid groups (broad SMARTS) is 1. The normalized spacial score (nSPS) is 14.1. The lowest BCUT2D eigenvalue weighted by molar-refractivity contribution is -0.111. The molecule has 1 aliphatic heterocycles. The second-order valence-electron chi connectivity index (χ2n) is 5.81. The predicted molar refractivity (Wildman–Crippen MR) is 99.8 cm³/mol. The molecular formula is C20H17NO7. The lowest BCUT2D eigenvalue weighted by atomic mass is 9.96. The van der Waals surface area contributed by atoms with E-state index in [1.807, 2.05) is 0 Å². The zero-order valence-electron chi connectivity index (χ0n) is 15.1. The fourth-order valence-corrected chi connectivity index (χ4v) is 2.92. The van der Waals surface area contributed by atoms with Crippen LogP contribution in [0.25, 0.3) is 5.57 Å². The summed E-state index contributed by atoms with van der Waals surface area (Å²) in [6.07, 6.45) is 1.26. The van der Waals surface area contributed by atoms with Gasteiger partial charge in [-0.2, -0.15) is 0 Å². The van der Waals surface area contributed by atoms with Gasteiger partial charge < -0.3 is 24.6 Å². The first-order chi connectivity index (χ1) is 13.5. The molecule has 0 fully saturated rings. The van der Waals surface area contributed by atoms with Crippen LogP contribution in [0.15, 0.2) is 42.5 Å². The lowest BCUT2D eigenvalue weighted by Crippen LogP contribution is -2.20. The average Bonchev–Trinajstić information content (AvgIpc) is 2.69. The van der Waals surface area contributed by atoms with Gasteiger partial charge in [-0.3, -0.25) is 4.79 Å². The van der Waals surface area contributed by atoms with Crippen LogP contribution >= 0.6 is 0 Å². The summed E-state index contributed by atoms with van der Waals surface area (Å²) in [5.41, 5.74) is 1.22. The van der Waals surface area contributed by atoms with Crippen LogP contribution in [0.4, 0.5) is 5.69 Å². The number of carbonyl (C=O) groups is 3. The molecule has 1 aliphatic rings. The molecule has 2 aromatic rings. The van der Waals surface area contributed by atoms with Crippen molar-refractivity contribution in [2.75, 3.05) is 26.1 Å². The molecular weight excluding hydrogens is 366 g/mol. The first-order valence-electron chi connectivity index (χ1n) is 8.22. The maximum absolute atomic E-state index is 12.4. The van der Waals surface area contributed by atoms with Crippen molar-refractivity contribution < 1.29 is 33.7 Å². The van der Waals surface area contributed by atoms with Gasteiger partial charge in [0.15, 0.2) is 11.5 Å². The van der Waals surface area contributed by atoms with Crippen molar-refractivity contribution in [2.45, 2.75) is 0 Å². The Morgan fingerprint density at radius 2 is 1.89 bits per heavy atom. The minimum atomic E-state index is -1.16. The van der Waals surface area contributed by atoms with E-state index in [1.54, 1.807) is 24.3 Å². The Kier molecular flexibility index (Phi) is 5.30. The van der Waals surface area contributed by atoms with Gasteiger partial charge in [-0.1, -0.05) is 12.1 Å². The fourth-order valence-electron chi connectivity index (χ4n) is 2.92. The number of rotatable bonds is 5. The third-order valence-corrected chi connectivity index (χ3v) is 4.18. The van der Waals surface area contributed by atoms with Gasteiger partial charge in [0.05, 0.1) is 25.5 Å². The summed E-state index contributed by atoms with van der Waals surface area (Å²) >= 11 is 0. The number of anilines is 1. The topological polar surface area (TPSA) is 111 Å². The van der Waals surface area contributed by atoms with Gasteiger partial charge in [0, 0.05) is 11.6 Å². The number of carboxylic acids is 1. The molecule has 0 atom stereocenters. The van der Waals surface area contributed by atoms with E-state index in [1.165, 1.54) is 32.4 Å². The summed E-state index contributed by atoms with van der Waals surface area (Å²) in [5.74, 6) is -1.72. The van der Waals surface area contributed by atoms with Crippen molar-refractivity contribution in [2.24, 2.45) is 0 Å². The van der Waals surface area contributed by atoms with Crippen LogP contribution in [-0.4, -0.2) is 43.8 Å².